The molecule has 0 bridgehead atoms. The van der Waals surface area contributed by atoms with Crippen molar-refractivity contribution in [2.45, 2.75) is 11.4 Å². The molecule has 86 valence electrons. The van der Waals surface area contributed by atoms with E-state index in [2.05, 4.69) is 5.10 Å². The van der Waals surface area contributed by atoms with Crippen molar-refractivity contribution in [3.63, 3.8) is 0 Å². The van der Waals surface area contributed by atoms with Crippen LogP contribution in [0.3, 0.4) is 0 Å². The second-order valence-corrected chi connectivity index (χ2v) is 5.13. The zero-order valence-corrected chi connectivity index (χ0v) is 9.40. The molecule has 15 heavy (non-hydrogen) atoms. The van der Waals surface area contributed by atoms with Gasteiger partial charge in [-0.05, 0) is 0 Å². The summed E-state index contributed by atoms with van der Waals surface area (Å²) >= 11 is 0. The number of aromatic nitrogens is 2. The Morgan fingerprint density at radius 1 is 1.53 bits per heavy atom. The minimum absolute atomic E-state index is 0.223. The first kappa shape index (κ1) is 12.2. The highest BCUT2D eigenvalue weighted by Crippen LogP contribution is 2.05. The van der Waals surface area contributed by atoms with Gasteiger partial charge in [0.25, 0.3) is 0 Å². The van der Waals surface area contributed by atoms with Gasteiger partial charge < -0.3 is 10.5 Å². The van der Waals surface area contributed by atoms with Gasteiger partial charge in [0.05, 0.1) is 26.0 Å². The SMILES string of the molecule is CS(=O)(=O)c1cnn(CCOCCN)c1. The Balaban J connectivity index is 2.47. The lowest BCUT2D eigenvalue weighted by Gasteiger charge is -2.01. The minimum Gasteiger partial charge on any atom is -0.378 e. The molecule has 2 N–H and O–H groups in total. The Morgan fingerprint density at radius 2 is 2.27 bits per heavy atom. The summed E-state index contributed by atoms with van der Waals surface area (Å²) in [5.41, 5.74) is 5.24. The van der Waals surface area contributed by atoms with Gasteiger partial charge in [0, 0.05) is 19.0 Å². The predicted octanol–water partition coefficient (Wildman–Crippen LogP) is -0.738. The molecule has 7 heteroatoms. The average Bonchev–Trinajstić information content (AvgIpc) is 2.60. The van der Waals surface area contributed by atoms with Crippen LogP contribution in [-0.2, 0) is 21.1 Å². The molecule has 0 spiro atoms. The number of sulfone groups is 1. The van der Waals surface area contributed by atoms with E-state index in [1.54, 1.807) is 0 Å². The molecule has 0 saturated carbocycles. The standard InChI is InChI=1S/C8H15N3O3S/c1-15(12,13)8-6-10-11(7-8)3-5-14-4-2-9/h6-7H,2-5,9H2,1H3. The van der Waals surface area contributed by atoms with Crippen LogP contribution in [0.1, 0.15) is 0 Å². The summed E-state index contributed by atoms with van der Waals surface area (Å²) in [7, 11) is -3.16. The van der Waals surface area contributed by atoms with Crippen molar-refractivity contribution in [2.24, 2.45) is 5.73 Å². The fourth-order valence-corrected chi connectivity index (χ4v) is 1.55. The van der Waals surface area contributed by atoms with Gasteiger partial charge in [-0.25, -0.2) is 8.42 Å². The number of rotatable bonds is 6. The fourth-order valence-electron chi connectivity index (χ4n) is 1.00. The van der Waals surface area contributed by atoms with Crippen LogP contribution >= 0.6 is 0 Å². The molecule has 1 heterocycles. The van der Waals surface area contributed by atoms with Crippen LogP contribution in [0, 0.1) is 0 Å². The van der Waals surface area contributed by atoms with Crippen molar-refractivity contribution >= 4 is 9.84 Å². The van der Waals surface area contributed by atoms with Crippen molar-refractivity contribution in [2.75, 3.05) is 26.0 Å². The zero-order chi connectivity index (χ0) is 11.3. The van der Waals surface area contributed by atoms with Crippen LogP contribution in [0.4, 0.5) is 0 Å². The molecule has 1 aromatic rings. The average molecular weight is 233 g/mol. The van der Waals surface area contributed by atoms with Crippen LogP contribution in [0.5, 0.6) is 0 Å². The number of ether oxygens (including phenoxy) is 1. The molecule has 0 amide bonds. The third-order valence-corrected chi connectivity index (χ3v) is 2.83. The van der Waals surface area contributed by atoms with Crippen LogP contribution in [0.25, 0.3) is 0 Å². The molecule has 6 nitrogen and oxygen atoms in total. The van der Waals surface area contributed by atoms with Crippen LogP contribution in [0.2, 0.25) is 0 Å². The molecule has 0 fully saturated rings. The Bertz CT molecular complexity index is 399. The van der Waals surface area contributed by atoms with E-state index < -0.39 is 9.84 Å². The normalized spacial score (nSPS) is 11.9. The van der Waals surface area contributed by atoms with E-state index in [9.17, 15) is 8.42 Å². The van der Waals surface area contributed by atoms with E-state index in [-0.39, 0.29) is 4.90 Å². The summed E-state index contributed by atoms with van der Waals surface area (Å²) in [5.74, 6) is 0. The second kappa shape index (κ2) is 5.24. The van der Waals surface area contributed by atoms with Crippen LogP contribution in [0.15, 0.2) is 17.3 Å². The Labute approximate surface area is 88.9 Å². The summed E-state index contributed by atoms with van der Waals surface area (Å²) in [5, 5.41) is 3.91. The van der Waals surface area contributed by atoms with Gasteiger partial charge in [-0.3, -0.25) is 4.68 Å². The van der Waals surface area contributed by atoms with E-state index in [0.29, 0.717) is 26.3 Å². The van der Waals surface area contributed by atoms with E-state index in [4.69, 9.17) is 10.5 Å². The van der Waals surface area contributed by atoms with Gasteiger partial charge in [0.15, 0.2) is 9.84 Å². The first-order valence-corrected chi connectivity index (χ1v) is 6.43. The Morgan fingerprint density at radius 3 is 2.80 bits per heavy atom. The zero-order valence-electron chi connectivity index (χ0n) is 8.59. The predicted molar refractivity (Wildman–Crippen MR) is 55.2 cm³/mol. The number of hydrogen-bond donors (Lipinski definition) is 1. The molecule has 0 aliphatic heterocycles. The first-order valence-electron chi connectivity index (χ1n) is 4.54. The molecule has 1 aromatic heterocycles. The van der Waals surface area contributed by atoms with E-state index in [1.165, 1.54) is 17.1 Å². The number of nitrogens with two attached hydrogens (primary N) is 1. The van der Waals surface area contributed by atoms with Crippen LogP contribution < -0.4 is 5.73 Å². The molecule has 1 rings (SSSR count). The molecule has 0 saturated heterocycles. The highest BCUT2D eigenvalue weighted by Gasteiger charge is 2.09. The maximum Gasteiger partial charge on any atom is 0.178 e. The van der Waals surface area contributed by atoms with Crippen molar-refractivity contribution in [3.8, 4) is 0 Å². The van der Waals surface area contributed by atoms with Crippen molar-refractivity contribution < 1.29 is 13.2 Å². The molecule has 0 radical (unpaired) electrons. The molecular formula is C8H15N3O3S. The quantitative estimate of drug-likeness (QED) is 0.654. The summed E-state index contributed by atoms with van der Waals surface area (Å²) in [6.07, 6.45) is 3.97. The van der Waals surface area contributed by atoms with Gasteiger partial charge in [-0.2, -0.15) is 5.10 Å². The highest BCUT2D eigenvalue weighted by atomic mass is 32.2. The van der Waals surface area contributed by atoms with Gasteiger partial charge in [0.2, 0.25) is 0 Å². The third kappa shape index (κ3) is 3.98. The maximum absolute atomic E-state index is 11.1. The maximum atomic E-state index is 11.1. The Kier molecular flexibility index (Phi) is 4.25. The summed E-state index contributed by atoms with van der Waals surface area (Å²) < 4.78 is 28.9. The lowest BCUT2D eigenvalue weighted by molar-refractivity contribution is 0.130. The van der Waals surface area contributed by atoms with Gasteiger partial charge >= 0.3 is 0 Å². The van der Waals surface area contributed by atoms with Gasteiger partial charge in [-0.15, -0.1) is 0 Å². The van der Waals surface area contributed by atoms with E-state index in [1.807, 2.05) is 0 Å². The van der Waals surface area contributed by atoms with E-state index in [0.717, 1.165) is 6.26 Å². The highest BCUT2D eigenvalue weighted by molar-refractivity contribution is 7.90. The van der Waals surface area contributed by atoms with Gasteiger partial charge in [0.1, 0.15) is 4.90 Å². The van der Waals surface area contributed by atoms with Crippen molar-refractivity contribution in [1.82, 2.24) is 9.78 Å². The monoisotopic (exact) mass is 233 g/mol. The first-order chi connectivity index (χ1) is 7.04. The summed E-state index contributed by atoms with van der Waals surface area (Å²) in [6, 6.07) is 0. The second-order valence-electron chi connectivity index (χ2n) is 3.11. The van der Waals surface area contributed by atoms with E-state index >= 15 is 0 Å². The van der Waals surface area contributed by atoms with Gasteiger partial charge in [-0.1, -0.05) is 0 Å². The van der Waals surface area contributed by atoms with Crippen molar-refractivity contribution in [3.05, 3.63) is 12.4 Å². The molecule has 0 unspecified atom stereocenters. The Hall–Kier alpha value is -0.920. The lowest BCUT2D eigenvalue weighted by atomic mass is 10.6. The summed E-state index contributed by atoms with van der Waals surface area (Å²) in [4.78, 5) is 0.223. The molecule has 0 atom stereocenters. The molecule has 0 aliphatic rings. The number of nitrogens with zero attached hydrogens (tertiary/aromatic N) is 2. The number of hydrogen-bond acceptors (Lipinski definition) is 5. The fraction of sp³-hybridized carbons (Fsp3) is 0.625. The molecular weight excluding hydrogens is 218 g/mol. The smallest absolute Gasteiger partial charge is 0.178 e. The largest absolute Gasteiger partial charge is 0.378 e. The van der Waals surface area contributed by atoms with Crippen molar-refractivity contribution in [1.29, 1.82) is 0 Å². The topological polar surface area (TPSA) is 87.2 Å². The van der Waals surface area contributed by atoms with Crippen LogP contribution in [-0.4, -0.2) is 44.2 Å². The lowest BCUT2D eigenvalue weighted by Crippen LogP contribution is -2.12. The third-order valence-electron chi connectivity index (χ3n) is 1.76. The molecule has 0 aromatic carbocycles. The minimum atomic E-state index is -3.16. The summed E-state index contributed by atoms with van der Waals surface area (Å²) in [6.45, 7) is 1.98. The molecule has 0 aliphatic carbocycles.